The van der Waals surface area contributed by atoms with Gasteiger partial charge in [-0.15, -0.1) is 0 Å². The van der Waals surface area contributed by atoms with E-state index in [9.17, 15) is 4.79 Å². The number of hydrogen-bond acceptors (Lipinski definition) is 3. The number of benzene rings is 2. The van der Waals surface area contributed by atoms with Crippen LogP contribution in [0, 0.1) is 6.92 Å². The maximum atomic E-state index is 12.1. The van der Waals surface area contributed by atoms with E-state index in [2.05, 4.69) is 23.5 Å². The van der Waals surface area contributed by atoms with E-state index < -0.39 is 0 Å². The molecule has 0 aliphatic carbocycles. The molecule has 3 nitrogen and oxygen atoms in total. The molecule has 2 aromatic carbocycles. The molecule has 1 aromatic heterocycles. The highest BCUT2D eigenvalue weighted by molar-refractivity contribution is 6.01. The summed E-state index contributed by atoms with van der Waals surface area (Å²) in [7, 11) is 0. The van der Waals surface area contributed by atoms with Crippen molar-refractivity contribution < 1.29 is 4.42 Å². The van der Waals surface area contributed by atoms with Crippen molar-refractivity contribution in [1.82, 2.24) is 0 Å². The van der Waals surface area contributed by atoms with Crippen LogP contribution in [-0.2, 0) is 6.54 Å². The lowest BCUT2D eigenvalue weighted by atomic mass is 9.92. The normalized spacial score (nSPS) is 12.7. The van der Waals surface area contributed by atoms with E-state index in [4.69, 9.17) is 4.42 Å². The molecule has 0 bridgehead atoms. The van der Waals surface area contributed by atoms with Gasteiger partial charge in [0.05, 0.1) is 0 Å². The highest BCUT2D eigenvalue weighted by atomic mass is 16.4. The second-order valence-electron chi connectivity index (χ2n) is 5.15. The molecule has 0 amide bonds. The number of hydrogen-bond donors (Lipinski definition) is 1. The molecule has 4 rings (SSSR count). The van der Waals surface area contributed by atoms with Gasteiger partial charge in [-0.3, -0.25) is 0 Å². The zero-order chi connectivity index (χ0) is 13.7. The minimum absolute atomic E-state index is 0.300. The largest absolute Gasteiger partial charge is 0.421 e. The number of fused-ring (bicyclic) bond motifs is 5. The molecular weight excluding hydrogens is 250 g/mol. The molecule has 3 aromatic rings. The van der Waals surface area contributed by atoms with Crippen molar-refractivity contribution in [3.8, 4) is 11.1 Å². The van der Waals surface area contributed by atoms with Crippen molar-refractivity contribution in [2.75, 3.05) is 5.32 Å². The van der Waals surface area contributed by atoms with Crippen molar-refractivity contribution >= 4 is 16.7 Å². The van der Waals surface area contributed by atoms with E-state index in [1.54, 1.807) is 0 Å². The second kappa shape index (κ2) is 3.97. The number of anilines is 1. The molecule has 2 heterocycles. The summed E-state index contributed by atoms with van der Waals surface area (Å²) in [6, 6.07) is 14.1. The van der Waals surface area contributed by atoms with Gasteiger partial charge in [0, 0.05) is 17.5 Å². The molecular formula is C17H13NO2. The van der Waals surface area contributed by atoms with Crippen molar-refractivity contribution in [1.29, 1.82) is 0 Å². The first kappa shape index (κ1) is 11.3. The fraction of sp³-hybridized carbons (Fsp3) is 0.118. The van der Waals surface area contributed by atoms with E-state index >= 15 is 0 Å². The average molecular weight is 263 g/mol. The van der Waals surface area contributed by atoms with E-state index in [1.807, 2.05) is 31.2 Å². The molecule has 1 aliphatic rings. The lowest BCUT2D eigenvalue weighted by molar-refractivity contribution is 0.563. The van der Waals surface area contributed by atoms with Crippen LogP contribution in [0.2, 0.25) is 0 Å². The van der Waals surface area contributed by atoms with E-state index in [1.165, 1.54) is 5.56 Å². The van der Waals surface area contributed by atoms with Crippen molar-refractivity contribution in [3.63, 3.8) is 0 Å². The van der Waals surface area contributed by atoms with Crippen LogP contribution in [0.1, 0.15) is 11.1 Å². The van der Waals surface area contributed by atoms with Crippen molar-refractivity contribution in [2.45, 2.75) is 13.5 Å². The molecule has 98 valence electrons. The monoisotopic (exact) mass is 263 g/mol. The van der Waals surface area contributed by atoms with Gasteiger partial charge in [0.15, 0.2) is 0 Å². The standard InChI is InChI=1S/C17H13NO2/c1-10-6-7-14-13(8-10)15-12-5-3-2-4-11(12)9-18-16(15)17(19)20-14/h2-8,18H,9H2,1H3. The second-order valence-corrected chi connectivity index (χ2v) is 5.15. The Balaban J connectivity index is 2.21. The average Bonchev–Trinajstić information content (AvgIpc) is 2.47. The van der Waals surface area contributed by atoms with Gasteiger partial charge in [-0.05, 0) is 30.2 Å². The lowest BCUT2D eigenvalue weighted by Gasteiger charge is -2.21. The highest BCUT2D eigenvalue weighted by Crippen LogP contribution is 2.38. The summed E-state index contributed by atoms with van der Waals surface area (Å²) in [6.07, 6.45) is 0. The zero-order valence-electron chi connectivity index (χ0n) is 11.1. The van der Waals surface area contributed by atoms with E-state index in [0.29, 0.717) is 17.8 Å². The van der Waals surface area contributed by atoms with Crippen LogP contribution in [0.15, 0.2) is 51.7 Å². The number of nitrogens with one attached hydrogen (secondary N) is 1. The Morgan fingerprint density at radius 3 is 2.90 bits per heavy atom. The van der Waals surface area contributed by atoms with Gasteiger partial charge in [-0.1, -0.05) is 35.9 Å². The molecule has 1 aliphatic heterocycles. The summed E-state index contributed by atoms with van der Waals surface area (Å²) >= 11 is 0. The summed E-state index contributed by atoms with van der Waals surface area (Å²) < 4.78 is 5.41. The smallest absolute Gasteiger partial charge is 0.360 e. The van der Waals surface area contributed by atoms with Gasteiger partial charge in [0.2, 0.25) is 0 Å². The Labute approximate surface area is 115 Å². The van der Waals surface area contributed by atoms with Crippen LogP contribution in [0.5, 0.6) is 0 Å². The zero-order valence-corrected chi connectivity index (χ0v) is 11.1. The third kappa shape index (κ3) is 1.50. The minimum atomic E-state index is -0.300. The van der Waals surface area contributed by atoms with Gasteiger partial charge >= 0.3 is 5.63 Å². The number of rotatable bonds is 0. The SMILES string of the molecule is Cc1ccc2oc(=O)c3c(c2c1)-c1ccccc1CN3. The molecule has 0 radical (unpaired) electrons. The van der Waals surface area contributed by atoms with Gasteiger partial charge < -0.3 is 9.73 Å². The molecule has 0 saturated heterocycles. The summed E-state index contributed by atoms with van der Waals surface area (Å²) in [6.45, 7) is 2.70. The molecule has 0 atom stereocenters. The molecule has 20 heavy (non-hydrogen) atoms. The predicted octanol–water partition coefficient (Wildman–Crippen LogP) is 3.69. The fourth-order valence-electron chi connectivity index (χ4n) is 2.86. The Hall–Kier alpha value is -2.55. The van der Waals surface area contributed by atoms with Crippen molar-refractivity contribution in [3.05, 3.63) is 64.0 Å². The quantitative estimate of drug-likeness (QED) is 0.629. The maximum Gasteiger partial charge on any atom is 0.360 e. The van der Waals surface area contributed by atoms with Crippen LogP contribution in [0.3, 0.4) is 0 Å². The first-order chi connectivity index (χ1) is 9.74. The van der Waals surface area contributed by atoms with E-state index in [-0.39, 0.29) is 5.63 Å². The lowest BCUT2D eigenvalue weighted by Crippen LogP contribution is -2.17. The fourth-order valence-corrected chi connectivity index (χ4v) is 2.86. The van der Waals surface area contributed by atoms with Crippen LogP contribution in [-0.4, -0.2) is 0 Å². The Morgan fingerprint density at radius 1 is 1.15 bits per heavy atom. The molecule has 0 saturated carbocycles. The van der Waals surface area contributed by atoms with Crippen LogP contribution >= 0.6 is 0 Å². The molecule has 0 spiro atoms. The first-order valence-electron chi connectivity index (χ1n) is 6.63. The number of aryl methyl sites for hydroxylation is 1. The molecule has 0 fully saturated rings. The Morgan fingerprint density at radius 2 is 2.00 bits per heavy atom. The van der Waals surface area contributed by atoms with Crippen LogP contribution in [0.25, 0.3) is 22.1 Å². The topological polar surface area (TPSA) is 42.2 Å². The molecule has 0 unspecified atom stereocenters. The molecule has 3 heteroatoms. The first-order valence-corrected chi connectivity index (χ1v) is 6.63. The third-order valence-corrected chi connectivity index (χ3v) is 3.80. The summed E-state index contributed by atoms with van der Waals surface area (Å²) in [5, 5.41) is 4.18. The van der Waals surface area contributed by atoms with Gasteiger partial charge in [0.25, 0.3) is 0 Å². The maximum absolute atomic E-state index is 12.1. The Bertz CT molecular complexity index is 893. The summed E-state index contributed by atoms with van der Waals surface area (Å²) in [5.41, 5.74) is 5.34. The van der Waals surface area contributed by atoms with Gasteiger partial charge in [-0.25, -0.2) is 4.79 Å². The van der Waals surface area contributed by atoms with Crippen LogP contribution < -0.4 is 10.9 Å². The van der Waals surface area contributed by atoms with Gasteiger partial charge in [-0.2, -0.15) is 0 Å². The van der Waals surface area contributed by atoms with E-state index in [0.717, 1.165) is 22.1 Å². The summed E-state index contributed by atoms with van der Waals surface area (Å²) in [5.74, 6) is 0. The van der Waals surface area contributed by atoms with Crippen LogP contribution in [0.4, 0.5) is 5.69 Å². The third-order valence-electron chi connectivity index (χ3n) is 3.80. The summed E-state index contributed by atoms with van der Waals surface area (Å²) in [4.78, 5) is 12.1. The predicted molar refractivity (Wildman–Crippen MR) is 80.0 cm³/mol. The highest BCUT2D eigenvalue weighted by Gasteiger charge is 2.22. The van der Waals surface area contributed by atoms with Crippen molar-refractivity contribution in [2.24, 2.45) is 0 Å². The minimum Gasteiger partial charge on any atom is -0.421 e. The Kier molecular flexibility index (Phi) is 2.24. The van der Waals surface area contributed by atoms with Gasteiger partial charge in [0.1, 0.15) is 11.3 Å². The molecule has 1 N–H and O–H groups in total.